The minimum Gasteiger partial charge on any atom is -0.285 e. The van der Waals surface area contributed by atoms with Gasteiger partial charge < -0.3 is 0 Å². The molecule has 0 spiro atoms. The van der Waals surface area contributed by atoms with Crippen molar-refractivity contribution in [1.82, 2.24) is 19.3 Å². The van der Waals surface area contributed by atoms with Gasteiger partial charge in [0.1, 0.15) is 6.33 Å². The van der Waals surface area contributed by atoms with Gasteiger partial charge in [0.2, 0.25) is 0 Å². The van der Waals surface area contributed by atoms with Crippen LogP contribution in [0.3, 0.4) is 0 Å². The van der Waals surface area contributed by atoms with Gasteiger partial charge in [-0.05, 0) is 19.3 Å². The van der Waals surface area contributed by atoms with Gasteiger partial charge in [0.15, 0.2) is 0 Å². The summed E-state index contributed by atoms with van der Waals surface area (Å²) in [6.45, 7) is 0.660. The smallest absolute Gasteiger partial charge is 0.285 e. The maximum atomic E-state index is 11.5. The Kier molecular flexibility index (Phi) is 4.54. The number of nitrogens with zero attached hydrogens (tertiary/aromatic N) is 4. The molecule has 7 heteroatoms. The van der Waals surface area contributed by atoms with E-state index in [0.29, 0.717) is 12.4 Å². The summed E-state index contributed by atoms with van der Waals surface area (Å²) in [7, 11) is 1.70. The summed E-state index contributed by atoms with van der Waals surface area (Å²) >= 11 is 7.34. The second-order valence-corrected chi connectivity index (χ2v) is 5.28. The van der Waals surface area contributed by atoms with E-state index in [0.717, 1.165) is 30.0 Å². The third-order valence-electron chi connectivity index (χ3n) is 2.63. The number of hydrogen-bond donors (Lipinski definition) is 0. The first-order chi connectivity index (χ1) is 8.70. The molecule has 0 amide bonds. The zero-order valence-corrected chi connectivity index (χ0v) is 11.7. The molecular formula is C11H15ClN4OS. The third-order valence-corrected chi connectivity index (χ3v) is 3.86. The van der Waals surface area contributed by atoms with Crippen molar-refractivity contribution in [3.8, 4) is 0 Å². The quantitative estimate of drug-likeness (QED) is 0.601. The molecule has 2 heterocycles. The maximum absolute atomic E-state index is 11.5. The lowest BCUT2D eigenvalue weighted by atomic mass is 10.2. The topological polar surface area (TPSA) is 52.7 Å². The van der Waals surface area contributed by atoms with E-state index in [2.05, 4.69) is 10.1 Å². The van der Waals surface area contributed by atoms with Crippen LogP contribution in [0.15, 0.2) is 16.5 Å². The van der Waals surface area contributed by atoms with E-state index < -0.39 is 0 Å². The molecule has 0 saturated carbocycles. The Bertz CT molecular complexity index is 559. The molecule has 0 aliphatic heterocycles. The predicted octanol–water partition coefficient (Wildman–Crippen LogP) is 1.80. The molecule has 0 fully saturated rings. The Morgan fingerprint density at radius 3 is 2.89 bits per heavy atom. The Morgan fingerprint density at radius 1 is 1.44 bits per heavy atom. The highest BCUT2D eigenvalue weighted by Gasteiger charge is 2.03. The predicted molar refractivity (Wildman–Crippen MR) is 72.1 cm³/mol. The minimum atomic E-state index is -0.0614. The fourth-order valence-electron chi connectivity index (χ4n) is 1.64. The van der Waals surface area contributed by atoms with Gasteiger partial charge in [-0.15, -0.1) is 22.9 Å². The summed E-state index contributed by atoms with van der Waals surface area (Å²) in [6.07, 6.45) is 4.39. The molecular weight excluding hydrogens is 272 g/mol. The van der Waals surface area contributed by atoms with Gasteiger partial charge in [-0.25, -0.2) is 14.5 Å². The maximum Gasteiger partial charge on any atom is 0.345 e. The van der Waals surface area contributed by atoms with Gasteiger partial charge in [0.05, 0.1) is 16.6 Å². The molecule has 0 atom stereocenters. The Labute approximate surface area is 114 Å². The molecule has 0 saturated heterocycles. The highest BCUT2D eigenvalue weighted by atomic mass is 35.5. The monoisotopic (exact) mass is 286 g/mol. The average Bonchev–Trinajstić information content (AvgIpc) is 2.95. The average molecular weight is 287 g/mol. The second kappa shape index (κ2) is 6.15. The van der Waals surface area contributed by atoms with Crippen LogP contribution in [0.4, 0.5) is 0 Å². The fraction of sp³-hybridized carbons (Fsp3) is 0.545. The summed E-state index contributed by atoms with van der Waals surface area (Å²) in [4.78, 5) is 15.9. The molecule has 2 aromatic rings. The molecule has 0 radical (unpaired) electrons. The van der Waals surface area contributed by atoms with Crippen molar-refractivity contribution >= 4 is 22.9 Å². The van der Waals surface area contributed by atoms with Crippen LogP contribution in [0.25, 0.3) is 0 Å². The van der Waals surface area contributed by atoms with Gasteiger partial charge in [0, 0.05) is 19.0 Å². The molecule has 0 N–H and O–H groups in total. The number of alkyl halides is 1. The molecule has 18 heavy (non-hydrogen) atoms. The van der Waals surface area contributed by atoms with Crippen molar-refractivity contribution in [2.24, 2.45) is 7.05 Å². The van der Waals surface area contributed by atoms with Crippen LogP contribution < -0.4 is 5.69 Å². The number of thiazole rings is 1. The van der Waals surface area contributed by atoms with Crippen LogP contribution in [-0.4, -0.2) is 19.3 Å². The van der Waals surface area contributed by atoms with Gasteiger partial charge in [0.25, 0.3) is 0 Å². The summed E-state index contributed by atoms with van der Waals surface area (Å²) in [5.41, 5.74) is 0.881. The van der Waals surface area contributed by atoms with Crippen molar-refractivity contribution in [2.75, 3.05) is 0 Å². The largest absolute Gasteiger partial charge is 0.345 e. The summed E-state index contributed by atoms with van der Waals surface area (Å²) < 4.78 is 2.97. The van der Waals surface area contributed by atoms with E-state index in [9.17, 15) is 4.79 Å². The molecule has 0 aliphatic carbocycles. The van der Waals surface area contributed by atoms with Crippen LogP contribution >= 0.6 is 22.9 Å². The number of aromatic nitrogens is 4. The molecule has 2 aromatic heterocycles. The highest BCUT2D eigenvalue weighted by Crippen LogP contribution is 2.14. The van der Waals surface area contributed by atoms with Crippen LogP contribution in [-0.2, 0) is 25.9 Å². The van der Waals surface area contributed by atoms with Gasteiger partial charge in [-0.2, -0.15) is 5.10 Å². The lowest BCUT2D eigenvalue weighted by Crippen LogP contribution is -2.23. The van der Waals surface area contributed by atoms with E-state index in [4.69, 9.17) is 11.6 Å². The number of hydrogen-bond acceptors (Lipinski definition) is 4. The van der Waals surface area contributed by atoms with Crippen molar-refractivity contribution in [3.05, 3.63) is 32.9 Å². The van der Waals surface area contributed by atoms with E-state index >= 15 is 0 Å². The molecule has 5 nitrogen and oxygen atoms in total. The van der Waals surface area contributed by atoms with Gasteiger partial charge in [-0.3, -0.25) is 4.57 Å². The van der Waals surface area contributed by atoms with Crippen molar-refractivity contribution < 1.29 is 0 Å². The Balaban J connectivity index is 1.76. The first-order valence-electron chi connectivity index (χ1n) is 5.78. The zero-order valence-electron chi connectivity index (χ0n) is 10.2. The van der Waals surface area contributed by atoms with E-state index in [1.54, 1.807) is 18.4 Å². The van der Waals surface area contributed by atoms with Crippen LogP contribution in [0, 0.1) is 0 Å². The Hall–Kier alpha value is -1.14. The van der Waals surface area contributed by atoms with E-state index in [1.807, 2.05) is 5.38 Å². The summed E-state index contributed by atoms with van der Waals surface area (Å²) in [5, 5.41) is 7.12. The van der Waals surface area contributed by atoms with Crippen LogP contribution in [0.1, 0.15) is 23.5 Å². The summed E-state index contributed by atoms with van der Waals surface area (Å²) in [5.74, 6) is 0.472. The van der Waals surface area contributed by atoms with Crippen molar-refractivity contribution in [2.45, 2.75) is 31.7 Å². The van der Waals surface area contributed by atoms with Crippen molar-refractivity contribution in [3.63, 3.8) is 0 Å². The lowest BCUT2D eigenvalue weighted by molar-refractivity contribution is 0.536. The number of halogens is 1. The molecule has 0 aromatic carbocycles. The number of aryl methyl sites for hydroxylation is 3. The number of rotatable bonds is 6. The molecule has 2 rings (SSSR count). The second-order valence-electron chi connectivity index (χ2n) is 4.07. The van der Waals surface area contributed by atoms with Crippen molar-refractivity contribution in [1.29, 1.82) is 0 Å². The normalized spacial score (nSPS) is 11.0. The molecule has 0 bridgehead atoms. The first-order valence-corrected chi connectivity index (χ1v) is 7.20. The fourth-order valence-corrected chi connectivity index (χ4v) is 2.71. The standard InChI is InChI=1S/C11H15ClN4OS/c1-15-8-13-16(11(15)17)5-3-2-4-10-14-9(6-12)7-18-10/h7-8H,2-6H2,1H3. The molecule has 98 valence electrons. The highest BCUT2D eigenvalue weighted by molar-refractivity contribution is 7.09. The molecule has 0 aliphatic rings. The van der Waals surface area contributed by atoms with Crippen LogP contribution in [0.5, 0.6) is 0 Å². The zero-order chi connectivity index (χ0) is 13.0. The van der Waals surface area contributed by atoms with Gasteiger partial charge >= 0.3 is 5.69 Å². The van der Waals surface area contributed by atoms with E-state index in [-0.39, 0.29) is 5.69 Å². The molecule has 0 unspecified atom stereocenters. The SMILES string of the molecule is Cn1cnn(CCCCc2nc(CCl)cs2)c1=O. The number of unbranched alkanes of at least 4 members (excludes halogenated alkanes) is 1. The minimum absolute atomic E-state index is 0.0614. The first kappa shape index (κ1) is 13.3. The lowest BCUT2D eigenvalue weighted by Gasteiger charge is -1.98. The summed E-state index contributed by atoms with van der Waals surface area (Å²) in [6, 6.07) is 0. The third kappa shape index (κ3) is 3.20. The Morgan fingerprint density at radius 2 is 2.28 bits per heavy atom. The van der Waals surface area contributed by atoms with Gasteiger partial charge in [-0.1, -0.05) is 0 Å². The van der Waals surface area contributed by atoms with E-state index in [1.165, 1.54) is 15.6 Å². The van der Waals surface area contributed by atoms with Crippen LogP contribution in [0.2, 0.25) is 0 Å².